The number of benzene rings is 3. The summed E-state index contributed by atoms with van der Waals surface area (Å²) in [5, 5.41) is 3.62. The fourth-order valence-electron chi connectivity index (χ4n) is 8.79. The molecule has 0 unspecified atom stereocenters. The zero-order chi connectivity index (χ0) is 37.3. The maximum Gasteiger partial charge on any atom is 0.141 e. The second kappa shape index (κ2) is 16.5. The van der Waals surface area contributed by atoms with E-state index in [9.17, 15) is 0 Å². The van der Waals surface area contributed by atoms with Gasteiger partial charge in [0.25, 0.3) is 0 Å². The van der Waals surface area contributed by atoms with Gasteiger partial charge >= 0.3 is 0 Å². The number of nitrogens with zero attached hydrogens (tertiary/aromatic N) is 3. The standard InChI is InChI=1S/C30H27N2O.C19H24NSi.Ir/c1-30(2,23-10-6-7-11-23)24-14-15-31-27(18-24)22-16-26-25-13-12-21(20-8-4-3-5-9-20)17-28(25)33-29(26)32-19-22;1-21(2,3)19-14-20-18(16-11-5-4-6-12-16)13-17(19)15-9-7-8-10-15;/h3-5,8-9,12-18,23H,6-7,10-11H2,1-2H3;4-6,11,13-15H,7-10H2,1-3H3;/q2*-1;. The van der Waals surface area contributed by atoms with Gasteiger partial charge in [-0.25, -0.2) is 0 Å². The second-order valence-corrected chi connectivity index (χ2v) is 22.0. The van der Waals surface area contributed by atoms with Crippen LogP contribution in [0.25, 0.3) is 55.7 Å². The largest absolute Gasteiger partial charge is 0.483 e. The molecule has 283 valence electrons. The third-order valence-electron chi connectivity index (χ3n) is 12.1. The summed E-state index contributed by atoms with van der Waals surface area (Å²) >= 11 is 0. The number of furan rings is 1. The number of rotatable bonds is 7. The minimum Gasteiger partial charge on any atom is -0.483 e. The maximum atomic E-state index is 6.09. The molecule has 0 aliphatic heterocycles. The van der Waals surface area contributed by atoms with Crippen LogP contribution < -0.4 is 5.19 Å². The van der Waals surface area contributed by atoms with Crippen LogP contribution in [0.1, 0.15) is 82.3 Å². The van der Waals surface area contributed by atoms with Gasteiger partial charge in [-0.1, -0.05) is 119 Å². The average Bonchev–Trinajstić information content (AvgIpc) is 4.01. The van der Waals surface area contributed by atoms with E-state index >= 15 is 0 Å². The van der Waals surface area contributed by atoms with Gasteiger partial charge in [-0.05, 0) is 99.9 Å². The molecule has 0 amide bonds. The van der Waals surface area contributed by atoms with E-state index in [4.69, 9.17) is 9.40 Å². The average molecular weight is 918 g/mol. The number of fused-ring (bicyclic) bond motifs is 3. The van der Waals surface area contributed by atoms with E-state index in [2.05, 4.69) is 141 Å². The van der Waals surface area contributed by atoms with Crippen LogP contribution in [0.4, 0.5) is 0 Å². The molecule has 4 heterocycles. The molecule has 55 heavy (non-hydrogen) atoms. The van der Waals surface area contributed by atoms with Crippen LogP contribution >= 0.6 is 0 Å². The van der Waals surface area contributed by atoms with Crippen LogP contribution in [0.2, 0.25) is 19.6 Å². The normalized spacial score (nSPS) is 15.2. The van der Waals surface area contributed by atoms with Crippen LogP contribution in [0.5, 0.6) is 0 Å². The Labute approximate surface area is 341 Å². The first-order chi connectivity index (χ1) is 26.1. The Hall–Kier alpha value is -4.22. The Kier molecular flexibility index (Phi) is 11.7. The fourth-order valence-corrected chi connectivity index (χ4v) is 10.4. The van der Waals surface area contributed by atoms with Crippen molar-refractivity contribution >= 4 is 35.3 Å². The van der Waals surface area contributed by atoms with E-state index in [1.54, 1.807) is 10.8 Å². The summed E-state index contributed by atoms with van der Waals surface area (Å²) in [5.41, 5.74) is 10.8. The van der Waals surface area contributed by atoms with Gasteiger partial charge in [0.05, 0.1) is 8.07 Å². The van der Waals surface area contributed by atoms with Crippen molar-refractivity contribution in [1.29, 1.82) is 0 Å². The number of hydrogen-bond acceptors (Lipinski definition) is 4. The molecule has 2 aliphatic carbocycles. The zero-order valence-electron chi connectivity index (χ0n) is 32.8. The van der Waals surface area contributed by atoms with Crippen LogP contribution in [-0.4, -0.2) is 23.0 Å². The minimum atomic E-state index is -1.34. The first-order valence-corrected chi connectivity index (χ1v) is 23.4. The molecular weight excluding hydrogens is 867 g/mol. The summed E-state index contributed by atoms with van der Waals surface area (Å²) < 4.78 is 6.09. The van der Waals surface area contributed by atoms with Gasteiger partial charge in [-0.2, -0.15) is 0 Å². The van der Waals surface area contributed by atoms with Crippen molar-refractivity contribution < 1.29 is 24.5 Å². The number of pyridine rings is 3. The summed E-state index contributed by atoms with van der Waals surface area (Å²) in [7, 11) is -1.34. The summed E-state index contributed by atoms with van der Waals surface area (Å²) in [4.78, 5) is 14.0. The monoisotopic (exact) mass is 918 g/mol. The first-order valence-electron chi connectivity index (χ1n) is 19.9. The fraction of sp³-hybridized carbons (Fsp3) is 0.327. The summed E-state index contributed by atoms with van der Waals surface area (Å²) in [5.74, 6) is 1.48. The predicted octanol–water partition coefficient (Wildman–Crippen LogP) is 12.7. The minimum absolute atomic E-state index is 0. The number of hydrogen-bond donors (Lipinski definition) is 0. The Morgan fingerprint density at radius 2 is 1.44 bits per heavy atom. The van der Waals surface area contributed by atoms with Crippen LogP contribution in [0.15, 0.2) is 114 Å². The Bertz CT molecular complexity index is 2370. The molecule has 2 aliphatic rings. The molecule has 6 heteroatoms. The third kappa shape index (κ3) is 8.33. The molecule has 0 N–H and O–H groups in total. The van der Waals surface area contributed by atoms with E-state index < -0.39 is 8.07 Å². The molecule has 9 rings (SSSR count). The molecule has 7 aromatic rings. The van der Waals surface area contributed by atoms with Crippen LogP contribution in [0, 0.1) is 18.2 Å². The molecule has 2 saturated carbocycles. The van der Waals surface area contributed by atoms with Gasteiger partial charge in [0, 0.05) is 37.9 Å². The van der Waals surface area contributed by atoms with Crippen molar-refractivity contribution in [3.63, 3.8) is 0 Å². The van der Waals surface area contributed by atoms with E-state index in [1.165, 1.54) is 62.5 Å². The van der Waals surface area contributed by atoms with Gasteiger partial charge in [0.1, 0.15) is 11.3 Å². The predicted molar refractivity (Wildman–Crippen MR) is 227 cm³/mol. The summed E-state index contributed by atoms with van der Waals surface area (Å²) in [6.45, 7) is 12.0. The molecule has 0 bridgehead atoms. The van der Waals surface area contributed by atoms with E-state index in [0.29, 0.717) is 5.71 Å². The Morgan fingerprint density at radius 3 is 2.16 bits per heavy atom. The molecule has 1 radical (unpaired) electrons. The summed E-state index contributed by atoms with van der Waals surface area (Å²) in [6.07, 6.45) is 18.0. The van der Waals surface area contributed by atoms with Crippen molar-refractivity contribution in [3.05, 3.63) is 133 Å². The smallest absolute Gasteiger partial charge is 0.141 e. The van der Waals surface area contributed by atoms with Crippen LogP contribution in [0.3, 0.4) is 0 Å². The molecule has 3 aromatic carbocycles. The molecule has 4 nitrogen and oxygen atoms in total. The second-order valence-electron chi connectivity index (χ2n) is 17.0. The molecule has 0 saturated heterocycles. The van der Waals surface area contributed by atoms with Crippen LogP contribution in [-0.2, 0) is 25.5 Å². The van der Waals surface area contributed by atoms with Crippen molar-refractivity contribution in [3.8, 4) is 33.6 Å². The van der Waals surface area contributed by atoms with Gasteiger partial charge < -0.3 is 19.4 Å². The maximum absolute atomic E-state index is 6.09. The van der Waals surface area contributed by atoms with Crippen molar-refractivity contribution in [2.45, 2.75) is 96.2 Å². The van der Waals surface area contributed by atoms with Gasteiger partial charge in [0.15, 0.2) is 0 Å². The third-order valence-corrected chi connectivity index (χ3v) is 14.1. The molecule has 0 spiro atoms. The topological polar surface area (TPSA) is 51.8 Å². The van der Waals surface area contributed by atoms with Gasteiger partial charge in [0.2, 0.25) is 0 Å². The molecule has 0 atom stereocenters. The van der Waals surface area contributed by atoms with Crippen molar-refractivity contribution in [2.75, 3.05) is 0 Å². The molecule has 2 fully saturated rings. The Balaban J connectivity index is 0.000000183. The SMILES string of the molecule is CC(C)(c1ccnc(-c2[c-]nc3oc4cc(-c5ccccc5)ccc4c3c2)c1)C1CCCC1.C[Si](C)(C)c1cnc(-c2[c-]cccc2)cc1C1CCCC1.[Ir]. The quantitative estimate of drug-likeness (QED) is 0.118. The van der Waals surface area contributed by atoms with E-state index in [-0.39, 0.29) is 25.5 Å². The Morgan fingerprint density at radius 1 is 0.709 bits per heavy atom. The zero-order valence-corrected chi connectivity index (χ0v) is 36.2. The van der Waals surface area contributed by atoms with Crippen molar-refractivity contribution in [1.82, 2.24) is 15.0 Å². The number of aromatic nitrogens is 3. The van der Waals surface area contributed by atoms with E-state index in [1.807, 2.05) is 24.4 Å². The molecular formula is C49H51IrN3OSi-2. The first kappa shape index (κ1) is 39.0. The van der Waals surface area contributed by atoms with Gasteiger partial charge in [-0.3, -0.25) is 0 Å². The molecule has 4 aromatic heterocycles. The van der Waals surface area contributed by atoms with Crippen molar-refractivity contribution in [2.24, 2.45) is 5.92 Å². The summed E-state index contributed by atoms with van der Waals surface area (Å²) in [6, 6.07) is 37.1. The van der Waals surface area contributed by atoms with E-state index in [0.717, 1.165) is 56.3 Å². The van der Waals surface area contributed by atoms with Gasteiger partial charge in [-0.15, -0.1) is 47.5 Å².